The molecule has 0 rings (SSSR count). The molecule has 3 nitrogen and oxygen atoms in total. The van der Waals surface area contributed by atoms with Gasteiger partial charge >= 0.3 is 0 Å². The molecule has 0 aliphatic rings. The van der Waals surface area contributed by atoms with Gasteiger partial charge in [-0.3, -0.25) is 9.59 Å². The molecule has 0 aromatic rings. The Balaban J connectivity index is 4.08. The predicted octanol–water partition coefficient (Wildman–Crippen LogP) is 2.40. The van der Waals surface area contributed by atoms with Gasteiger partial charge in [-0.1, -0.05) is 27.7 Å². The molecule has 0 radical (unpaired) electrons. The van der Waals surface area contributed by atoms with Gasteiger partial charge in [0.2, 0.25) is 5.91 Å². The van der Waals surface area contributed by atoms with E-state index in [9.17, 15) is 9.59 Å². The summed E-state index contributed by atoms with van der Waals surface area (Å²) in [6.45, 7) is 10.3. The topological polar surface area (TPSA) is 46.2 Å². The van der Waals surface area contributed by atoms with Gasteiger partial charge in [0.25, 0.3) is 0 Å². The van der Waals surface area contributed by atoms with Crippen LogP contribution in [0.15, 0.2) is 0 Å². The second kappa shape index (κ2) is 7.42. The third-order valence-corrected chi connectivity index (χ3v) is 2.74. The van der Waals surface area contributed by atoms with Gasteiger partial charge in [-0.15, -0.1) is 0 Å². The number of Topliss-reactive ketones (excluding diaryl/α,β-unsaturated/α-hetero) is 1. The van der Waals surface area contributed by atoms with Crippen LogP contribution in [0.5, 0.6) is 0 Å². The fourth-order valence-electron chi connectivity index (χ4n) is 1.78. The first-order chi connectivity index (χ1) is 7.32. The molecule has 0 aliphatic heterocycles. The fourth-order valence-corrected chi connectivity index (χ4v) is 1.78. The van der Waals surface area contributed by atoms with Crippen molar-refractivity contribution in [3.8, 4) is 0 Å². The van der Waals surface area contributed by atoms with Gasteiger partial charge in [0, 0.05) is 13.3 Å². The zero-order valence-electron chi connectivity index (χ0n) is 11.2. The molecule has 0 aliphatic carbocycles. The van der Waals surface area contributed by atoms with E-state index in [-0.39, 0.29) is 18.2 Å². The molecule has 16 heavy (non-hydrogen) atoms. The average Bonchev–Trinajstić information content (AvgIpc) is 2.12. The Morgan fingerprint density at radius 2 is 1.69 bits per heavy atom. The molecular weight excluding hydrogens is 202 g/mol. The van der Waals surface area contributed by atoms with Crippen molar-refractivity contribution >= 4 is 11.7 Å². The van der Waals surface area contributed by atoms with Crippen molar-refractivity contribution in [2.24, 2.45) is 17.8 Å². The molecule has 1 N–H and O–H groups in total. The number of carbonyl (C=O) groups excluding carboxylic acids is 2. The maximum absolute atomic E-state index is 11.6. The molecule has 0 unspecified atom stereocenters. The van der Waals surface area contributed by atoms with Crippen LogP contribution >= 0.6 is 0 Å². The van der Waals surface area contributed by atoms with Gasteiger partial charge < -0.3 is 5.32 Å². The second-order valence-electron chi connectivity index (χ2n) is 5.29. The van der Waals surface area contributed by atoms with Gasteiger partial charge in [0.05, 0.1) is 6.54 Å². The van der Waals surface area contributed by atoms with Gasteiger partial charge in [-0.2, -0.15) is 0 Å². The molecule has 0 fully saturated rings. The Kier molecular flexibility index (Phi) is 7.02. The first-order valence-corrected chi connectivity index (χ1v) is 6.09. The lowest BCUT2D eigenvalue weighted by Gasteiger charge is -2.22. The Morgan fingerprint density at radius 3 is 2.06 bits per heavy atom. The molecule has 0 heterocycles. The van der Waals surface area contributed by atoms with Gasteiger partial charge in [-0.05, 0) is 24.2 Å². The minimum Gasteiger partial charge on any atom is -0.349 e. The average molecular weight is 227 g/mol. The van der Waals surface area contributed by atoms with Crippen molar-refractivity contribution in [1.82, 2.24) is 5.32 Å². The lowest BCUT2D eigenvalue weighted by Crippen LogP contribution is -2.29. The Labute approximate surface area is 99.0 Å². The quantitative estimate of drug-likeness (QED) is 0.726. The number of carbonyl (C=O) groups is 2. The third-order valence-electron chi connectivity index (χ3n) is 2.74. The minimum atomic E-state index is -0.140. The number of nitrogens with one attached hydrogen (secondary N) is 1. The summed E-state index contributed by atoms with van der Waals surface area (Å²) in [5.41, 5.74) is 0. The van der Waals surface area contributed by atoms with E-state index in [1.54, 1.807) is 0 Å². The van der Waals surface area contributed by atoms with Crippen LogP contribution in [0.1, 0.15) is 47.5 Å². The van der Waals surface area contributed by atoms with Crippen molar-refractivity contribution < 1.29 is 9.59 Å². The summed E-state index contributed by atoms with van der Waals surface area (Å²) >= 11 is 0. The molecule has 3 heteroatoms. The number of ketones is 1. The number of rotatable bonds is 7. The number of amides is 1. The van der Waals surface area contributed by atoms with E-state index in [2.05, 4.69) is 33.0 Å². The second-order valence-corrected chi connectivity index (χ2v) is 5.29. The van der Waals surface area contributed by atoms with Crippen LogP contribution in [-0.4, -0.2) is 18.2 Å². The molecule has 1 amide bonds. The van der Waals surface area contributed by atoms with E-state index < -0.39 is 0 Å². The Bertz CT molecular complexity index is 234. The maximum Gasteiger partial charge on any atom is 0.217 e. The van der Waals surface area contributed by atoms with Gasteiger partial charge in [0.1, 0.15) is 0 Å². The van der Waals surface area contributed by atoms with Crippen LogP contribution in [0.2, 0.25) is 0 Å². The summed E-state index contributed by atoms with van der Waals surface area (Å²) in [4.78, 5) is 22.3. The van der Waals surface area contributed by atoms with E-state index in [4.69, 9.17) is 0 Å². The lowest BCUT2D eigenvalue weighted by molar-refractivity contribution is -0.124. The number of hydrogen-bond acceptors (Lipinski definition) is 2. The normalized spacial score (nSPS) is 12.9. The summed E-state index contributed by atoms with van der Waals surface area (Å²) in [7, 11) is 0. The van der Waals surface area contributed by atoms with Crippen molar-refractivity contribution in [3.63, 3.8) is 0 Å². The van der Waals surface area contributed by atoms with Crippen LogP contribution in [0, 0.1) is 17.8 Å². The van der Waals surface area contributed by atoms with Crippen LogP contribution in [-0.2, 0) is 9.59 Å². The van der Waals surface area contributed by atoms with E-state index in [1.807, 2.05) is 0 Å². The summed E-state index contributed by atoms with van der Waals surface area (Å²) in [6, 6.07) is 0. The summed E-state index contributed by atoms with van der Waals surface area (Å²) in [6.07, 6.45) is 1.65. The standard InChI is InChI=1S/C13H25NO2/c1-9(2)6-12(10(3)4)7-13(16)8-14-11(5)15/h9-10,12H,6-8H2,1-5H3,(H,14,15)/t12-/m1/s1. The Morgan fingerprint density at radius 1 is 1.12 bits per heavy atom. The Hall–Kier alpha value is -0.860. The lowest BCUT2D eigenvalue weighted by atomic mass is 9.84. The van der Waals surface area contributed by atoms with E-state index in [0.29, 0.717) is 24.2 Å². The monoisotopic (exact) mass is 227 g/mol. The maximum atomic E-state index is 11.6. The highest BCUT2D eigenvalue weighted by Crippen LogP contribution is 2.23. The molecule has 0 saturated heterocycles. The SMILES string of the molecule is CC(=O)NCC(=O)C[C@@H](CC(C)C)C(C)C. The largest absolute Gasteiger partial charge is 0.349 e. The first kappa shape index (κ1) is 15.1. The van der Waals surface area contributed by atoms with E-state index >= 15 is 0 Å². The van der Waals surface area contributed by atoms with Crippen molar-refractivity contribution in [1.29, 1.82) is 0 Å². The molecule has 0 aromatic heterocycles. The summed E-state index contributed by atoms with van der Waals surface area (Å²) < 4.78 is 0. The van der Waals surface area contributed by atoms with E-state index in [0.717, 1.165) is 6.42 Å². The van der Waals surface area contributed by atoms with Crippen LogP contribution in [0.25, 0.3) is 0 Å². The summed E-state index contributed by atoms with van der Waals surface area (Å²) in [5.74, 6) is 1.55. The van der Waals surface area contributed by atoms with Crippen LogP contribution in [0.4, 0.5) is 0 Å². The zero-order valence-corrected chi connectivity index (χ0v) is 11.2. The first-order valence-electron chi connectivity index (χ1n) is 6.09. The highest BCUT2D eigenvalue weighted by atomic mass is 16.2. The third kappa shape index (κ3) is 7.43. The van der Waals surface area contributed by atoms with Crippen molar-refractivity contribution in [2.75, 3.05) is 6.54 Å². The van der Waals surface area contributed by atoms with Crippen molar-refractivity contribution in [2.45, 2.75) is 47.5 Å². The minimum absolute atomic E-state index is 0.134. The molecular formula is C13H25NO2. The molecule has 0 spiro atoms. The van der Waals surface area contributed by atoms with Crippen LogP contribution in [0.3, 0.4) is 0 Å². The molecule has 1 atom stereocenters. The summed E-state index contributed by atoms with van der Waals surface area (Å²) in [5, 5.41) is 2.55. The van der Waals surface area contributed by atoms with Gasteiger partial charge in [0.15, 0.2) is 5.78 Å². The molecule has 94 valence electrons. The molecule has 0 saturated carbocycles. The predicted molar refractivity (Wildman–Crippen MR) is 66.1 cm³/mol. The zero-order chi connectivity index (χ0) is 12.7. The molecule has 0 bridgehead atoms. The van der Waals surface area contributed by atoms with Gasteiger partial charge in [-0.25, -0.2) is 0 Å². The fraction of sp³-hybridized carbons (Fsp3) is 0.846. The highest BCUT2D eigenvalue weighted by molar-refractivity contribution is 5.85. The van der Waals surface area contributed by atoms with Crippen molar-refractivity contribution in [3.05, 3.63) is 0 Å². The smallest absolute Gasteiger partial charge is 0.217 e. The van der Waals surface area contributed by atoms with Crippen LogP contribution < -0.4 is 5.32 Å². The van der Waals surface area contributed by atoms with E-state index in [1.165, 1.54) is 6.92 Å². The number of hydrogen-bond donors (Lipinski definition) is 1. The molecule has 0 aromatic carbocycles. The highest BCUT2D eigenvalue weighted by Gasteiger charge is 2.18.